The number of carbonyl (C=O) groups excluding carboxylic acids is 1. The lowest BCUT2D eigenvalue weighted by Gasteiger charge is -2.41. The lowest BCUT2D eigenvalue weighted by Crippen LogP contribution is -2.64. The van der Waals surface area contributed by atoms with Crippen molar-refractivity contribution in [2.45, 2.75) is 256 Å². The normalized spacial score (nSPS) is 22.3. The smallest absolute Gasteiger partial charge is 0.457 e. The van der Waals surface area contributed by atoms with Crippen LogP contribution in [0.3, 0.4) is 0 Å². The molecule has 1 aliphatic carbocycles. The van der Waals surface area contributed by atoms with E-state index in [9.17, 15) is 39.8 Å². The highest BCUT2D eigenvalue weighted by Crippen LogP contribution is 2.47. The molecule has 1 saturated carbocycles. The van der Waals surface area contributed by atoms with Crippen LogP contribution in [-0.4, -0.2) is 98.9 Å². The van der Waals surface area contributed by atoms with Gasteiger partial charge in [0.1, 0.15) is 42.7 Å². The number of phosphoric acid groups is 1. The number of aliphatic hydroxyl groups excluding tert-OH is 5. The molecule has 0 saturated heterocycles. The summed E-state index contributed by atoms with van der Waals surface area (Å²) < 4.78 is 34.2. The van der Waals surface area contributed by atoms with E-state index in [1.165, 1.54) is 135 Å². The zero-order chi connectivity index (χ0) is 44.8. The predicted molar refractivity (Wildman–Crippen MR) is 244 cm³/mol. The fraction of sp³-hybridized carbons (Fsp3) is 0.896. The first-order chi connectivity index (χ1) is 29.5. The molecule has 0 bridgehead atoms. The van der Waals surface area contributed by atoms with E-state index >= 15 is 0 Å². The molecular weight excluding hydrogens is 799 g/mol. The standard InChI is InChI=1S/C48H91O12P/c1-3-5-7-9-11-13-15-17-18-19-20-21-22-23-24-25-27-29-31-33-35-37-42(49)59-41(39-57-38-36-34-32-30-28-26-16-14-12-10-8-6-4-2)40-58-61(55,56)60-48-46(53)44(51)43(50)45(52)47(48)54/h15,17,19-20,41,43-48,50-54H,3-14,16,18,21-40H2,1-2H3,(H,55,56)/b17-15-,20-19-. The second kappa shape index (κ2) is 39.2. The summed E-state index contributed by atoms with van der Waals surface area (Å²) in [7, 11) is -5.02. The molecule has 13 heteroatoms. The predicted octanol–water partition coefficient (Wildman–Crippen LogP) is 10.5. The van der Waals surface area contributed by atoms with Crippen LogP contribution in [0.4, 0.5) is 0 Å². The van der Waals surface area contributed by atoms with Crippen LogP contribution in [0.1, 0.15) is 213 Å². The monoisotopic (exact) mass is 891 g/mol. The van der Waals surface area contributed by atoms with E-state index in [2.05, 4.69) is 38.2 Å². The van der Waals surface area contributed by atoms with E-state index in [0.717, 1.165) is 51.4 Å². The highest BCUT2D eigenvalue weighted by molar-refractivity contribution is 7.47. The Morgan fingerprint density at radius 1 is 0.525 bits per heavy atom. The minimum absolute atomic E-state index is 0.0742. The quantitative estimate of drug-likeness (QED) is 0.0147. The summed E-state index contributed by atoms with van der Waals surface area (Å²) in [6.07, 6.45) is 32.4. The third-order valence-corrected chi connectivity index (χ3v) is 12.6. The molecular formula is C48H91O12P. The van der Waals surface area contributed by atoms with Crippen molar-refractivity contribution in [3.8, 4) is 0 Å². The maximum Gasteiger partial charge on any atom is 0.472 e. The van der Waals surface area contributed by atoms with Crippen LogP contribution >= 0.6 is 7.82 Å². The van der Waals surface area contributed by atoms with Gasteiger partial charge in [0, 0.05) is 13.0 Å². The van der Waals surface area contributed by atoms with Gasteiger partial charge in [-0.05, 0) is 44.9 Å². The molecule has 0 amide bonds. The number of aliphatic hydroxyl groups is 5. The Labute approximate surface area is 370 Å². The van der Waals surface area contributed by atoms with E-state index in [-0.39, 0.29) is 13.0 Å². The van der Waals surface area contributed by atoms with Gasteiger partial charge in [-0.15, -0.1) is 0 Å². The molecule has 0 aromatic heterocycles. The summed E-state index contributed by atoms with van der Waals surface area (Å²) in [5.41, 5.74) is 0. The van der Waals surface area contributed by atoms with E-state index in [4.69, 9.17) is 18.5 Å². The molecule has 360 valence electrons. The fourth-order valence-electron chi connectivity index (χ4n) is 7.62. The maximum absolute atomic E-state index is 12.8. The van der Waals surface area contributed by atoms with Crippen molar-refractivity contribution >= 4 is 13.8 Å². The van der Waals surface area contributed by atoms with E-state index in [1.54, 1.807) is 0 Å². The first-order valence-corrected chi connectivity index (χ1v) is 26.2. The van der Waals surface area contributed by atoms with Crippen LogP contribution in [-0.2, 0) is 27.9 Å². The van der Waals surface area contributed by atoms with Gasteiger partial charge in [0.25, 0.3) is 0 Å². The molecule has 0 spiro atoms. The van der Waals surface area contributed by atoms with Gasteiger partial charge in [0.05, 0.1) is 13.2 Å². The molecule has 0 aliphatic heterocycles. The van der Waals surface area contributed by atoms with Crippen molar-refractivity contribution in [1.29, 1.82) is 0 Å². The van der Waals surface area contributed by atoms with Gasteiger partial charge in [0.2, 0.25) is 0 Å². The van der Waals surface area contributed by atoms with Crippen LogP contribution in [0.5, 0.6) is 0 Å². The number of ether oxygens (including phenoxy) is 2. The molecule has 0 heterocycles. The molecule has 0 radical (unpaired) electrons. The average molecular weight is 891 g/mol. The van der Waals surface area contributed by atoms with Gasteiger partial charge < -0.3 is 39.9 Å². The Morgan fingerprint density at radius 2 is 0.918 bits per heavy atom. The minimum atomic E-state index is -5.02. The summed E-state index contributed by atoms with van der Waals surface area (Å²) in [5, 5.41) is 50.2. The Bertz CT molecular complexity index is 1110. The first kappa shape index (κ1) is 57.8. The summed E-state index contributed by atoms with van der Waals surface area (Å²) in [6.45, 7) is 4.27. The van der Waals surface area contributed by atoms with Crippen LogP contribution in [0.2, 0.25) is 0 Å². The van der Waals surface area contributed by atoms with E-state index in [1.807, 2.05) is 0 Å². The maximum atomic E-state index is 12.8. The minimum Gasteiger partial charge on any atom is -0.457 e. The van der Waals surface area contributed by atoms with E-state index in [0.29, 0.717) is 13.0 Å². The Balaban J connectivity index is 2.34. The van der Waals surface area contributed by atoms with Gasteiger partial charge in [-0.3, -0.25) is 13.8 Å². The largest absolute Gasteiger partial charge is 0.472 e. The summed E-state index contributed by atoms with van der Waals surface area (Å²) in [4.78, 5) is 23.2. The number of rotatable bonds is 42. The Kier molecular flexibility index (Phi) is 37.2. The Morgan fingerprint density at radius 3 is 1.38 bits per heavy atom. The number of unbranched alkanes of at least 4 members (excludes halogenated alkanes) is 26. The van der Waals surface area contributed by atoms with Crippen LogP contribution in [0.25, 0.3) is 0 Å². The topological polar surface area (TPSA) is 192 Å². The third kappa shape index (κ3) is 31.4. The van der Waals surface area contributed by atoms with Crippen molar-refractivity contribution < 1.29 is 58.3 Å². The molecule has 6 unspecified atom stereocenters. The number of carbonyl (C=O) groups is 1. The number of phosphoric ester groups is 1. The molecule has 1 aliphatic rings. The number of allylic oxidation sites excluding steroid dienone is 4. The second-order valence-electron chi connectivity index (χ2n) is 17.3. The van der Waals surface area contributed by atoms with Gasteiger partial charge >= 0.3 is 13.8 Å². The SMILES string of the molecule is CCCCCCC/C=C\C/C=C\CCCCCCCCCCCC(=O)OC(COCCCCCCCCCCCCCCC)COP(=O)(O)OC1C(O)C(O)C(O)C(O)C1O. The van der Waals surface area contributed by atoms with Gasteiger partial charge in [0.15, 0.2) is 0 Å². The average Bonchev–Trinajstić information content (AvgIpc) is 3.24. The molecule has 0 aromatic rings. The van der Waals surface area contributed by atoms with Gasteiger partial charge in [-0.25, -0.2) is 4.57 Å². The second-order valence-corrected chi connectivity index (χ2v) is 18.7. The number of esters is 1. The van der Waals surface area contributed by atoms with Crippen LogP contribution < -0.4 is 0 Å². The van der Waals surface area contributed by atoms with Crippen molar-refractivity contribution in [3.63, 3.8) is 0 Å². The summed E-state index contributed by atoms with van der Waals surface area (Å²) in [6, 6.07) is 0. The Hall–Kier alpha value is -1.18. The molecule has 12 nitrogen and oxygen atoms in total. The summed E-state index contributed by atoms with van der Waals surface area (Å²) >= 11 is 0. The first-order valence-electron chi connectivity index (χ1n) is 24.7. The third-order valence-electron chi connectivity index (χ3n) is 11.6. The highest BCUT2D eigenvalue weighted by Gasteiger charge is 2.51. The number of hydrogen-bond donors (Lipinski definition) is 6. The lowest BCUT2D eigenvalue weighted by molar-refractivity contribution is -0.220. The van der Waals surface area contributed by atoms with Crippen LogP contribution in [0, 0.1) is 0 Å². The van der Waals surface area contributed by atoms with Crippen molar-refractivity contribution in [1.82, 2.24) is 0 Å². The molecule has 1 fully saturated rings. The fourth-order valence-corrected chi connectivity index (χ4v) is 8.59. The van der Waals surface area contributed by atoms with Gasteiger partial charge in [-0.2, -0.15) is 0 Å². The molecule has 0 aromatic carbocycles. The number of hydrogen-bond acceptors (Lipinski definition) is 11. The zero-order valence-corrected chi connectivity index (χ0v) is 39.4. The van der Waals surface area contributed by atoms with Crippen molar-refractivity contribution in [2.24, 2.45) is 0 Å². The lowest BCUT2D eigenvalue weighted by atomic mass is 9.85. The molecule has 6 atom stereocenters. The van der Waals surface area contributed by atoms with Crippen molar-refractivity contribution in [3.05, 3.63) is 24.3 Å². The van der Waals surface area contributed by atoms with Crippen molar-refractivity contribution in [2.75, 3.05) is 19.8 Å². The summed E-state index contributed by atoms with van der Waals surface area (Å²) in [5.74, 6) is -0.479. The highest BCUT2D eigenvalue weighted by atomic mass is 31.2. The van der Waals surface area contributed by atoms with Gasteiger partial charge in [-0.1, -0.05) is 186 Å². The zero-order valence-electron chi connectivity index (χ0n) is 38.5. The van der Waals surface area contributed by atoms with E-state index < -0.39 is 63.1 Å². The van der Waals surface area contributed by atoms with Crippen LogP contribution in [0.15, 0.2) is 24.3 Å². The molecule has 61 heavy (non-hydrogen) atoms. The molecule has 1 rings (SSSR count). The molecule has 6 N–H and O–H groups in total.